The molecule has 4 amide bonds. The van der Waals surface area contributed by atoms with Crippen LogP contribution in [0.25, 0.3) is 0 Å². The summed E-state index contributed by atoms with van der Waals surface area (Å²) in [5.41, 5.74) is -3.83. The molecule has 0 bridgehead atoms. The van der Waals surface area contributed by atoms with Gasteiger partial charge in [0.1, 0.15) is 5.82 Å². The van der Waals surface area contributed by atoms with Gasteiger partial charge < -0.3 is 5.32 Å². The van der Waals surface area contributed by atoms with E-state index >= 15 is 0 Å². The molecule has 0 spiro atoms. The topological polar surface area (TPSA) is 78.5 Å². The number of imide groups is 1. The van der Waals surface area contributed by atoms with Crippen molar-refractivity contribution in [3.8, 4) is 0 Å². The van der Waals surface area contributed by atoms with Gasteiger partial charge in [0.2, 0.25) is 0 Å². The van der Waals surface area contributed by atoms with Crippen molar-refractivity contribution in [2.75, 3.05) is 0 Å². The summed E-state index contributed by atoms with van der Waals surface area (Å²) in [6.45, 7) is 0. The van der Waals surface area contributed by atoms with E-state index in [0.717, 1.165) is 30.7 Å². The van der Waals surface area contributed by atoms with Crippen LogP contribution in [0.3, 0.4) is 0 Å². The zero-order chi connectivity index (χ0) is 19.8. The van der Waals surface area contributed by atoms with Gasteiger partial charge in [-0.15, -0.1) is 0 Å². The van der Waals surface area contributed by atoms with Gasteiger partial charge in [-0.1, -0.05) is 19.3 Å². The fourth-order valence-electron chi connectivity index (χ4n) is 3.41. The van der Waals surface area contributed by atoms with Crippen molar-refractivity contribution >= 4 is 17.8 Å². The van der Waals surface area contributed by atoms with Crippen molar-refractivity contribution in [3.63, 3.8) is 0 Å². The first kappa shape index (κ1) is 19.1. The molecule has 6 nitrogen and oxygen atoms in total. The van der Waals surface area contributed by atoms with Crippen LogP contribution < -0.4 is 10.6 Å². The van der Waals surface area contributed by atoms with E-state index in [1.807, 2.05) is 0 Å². The number of rotatable bonds is 3. The summed E-state index contributed by atoms with van der Waals surface area (Å²) in [5.74, 6) is -3.49. The van der Waals surface area contributed by atoms with Crippen LogP contribution in [0, 0.1) is 5.82 Å². The molecule has 2 fully saturated rings. The van der Waals surface area contributed by atoms with Crippen LogP contribution >= 0.6 is 0 Å². The number of amides is 4. The molecule has 1 aliphatic carbocycles. The molecule has 1 aromatic rings. The fraction of sp³-hybridized carbons (Fsp3) is 0.471. The number of nitrogens with zero attached hydrogens (tertiary/aromatic N) is 1. The van der Waals surface area contributed by atoms with E-state index in [-0.39, 0.29) is 5.56 Å². The minimum atomic E-state index is -5.27. The Morgan fingerprint density at radius 1 is 1.11 bits per heavy atom. The van der Waals surface area contributed by atoms with Gasteiger partial charge in [0.15, 0.2) is 0 Å². The molecule has 27 heavy (non-hydrogen) atoms. The van der Waals surface area contributed by atoms with Crippen LogP contribution in [0.4, 0.5) is 22.4 Å². The van der Waals surface area contributed by atoms with Crippen LogP contribution in [0.2, 0.25) is 0 Å². The van der Waals surface area contributed by atoms with Gasteiger partial charge in [0.05, 0.1) is 0 Å². The molecule has 10 heteroatoms. The number of carbonyl (C=O) groups is 3. The molecule has 0 unspecified atom stereocenters. The van der Waals surface area contributed by atoms with E-state index in [9.17, 15) is 31.9 Å². The number of urea groups is 1. The summed E-state index contributed by atoms with van der Waals surface area (Å²) in [5, 5.41) is 3.23. The van der Waals surface area contributed by atoms with Crippen LogP contribution in [0.15, 0.2) is 24.3 Å². The lowest BCUT2D eigenvalue weighted by atomic mass is 9.94. The Labute approximate surface area is 151 Å². The smallest absolute Gasteiger partial charge is 0.314 e. The molecule has 0 aromatic heterocycles. The standard InChI is InChI=1S/C17H17F4N3O3/c18-11-8-6-10(7-9-11)13(25)22-16(17(19,20)21)14(26)24(15(27)23-16)12-4-2-1-3-5-12/h6-9,12H,1-5H2,(H,22,25)(H,23,27)/t16-/m0/s1. The molecule has 1 aromatic carbocycles. The Bertz CT molecular complexity index is 760. The van der Waals surface area contributed by atoms with Crippen molar-refractivity contribution < 1.29 is 31.9 Å². The monoisotopic (exact) mass is 387 g/mol. The largest absolute Gasteiger partial charge is 0.440 e. The number of halogens is 4. The molecule has 1 aliphatic heterocycles. The van der Waals surface area contributed by atoms with Gasteiger partial charge in [0, 0.05) is 11.6 Å². The number of hydrogen-bond acceptors (Lipinski definition) is 3. The Hall–Kier alpha value is -2.65. The summed E-state index contributed by atoms with van der Waals surface area (Å²) in [7, 11) is 0. The third-order valence-electron chi connectivity index (χ3n) is 4.83. The van der Waals surface area contributed by atoms with Crippen LogP contribution in [-0.4, -0.2) is 40.6 Å². The molecule has 1 saturated heterocycles. The number of hydrogen-bond donors (Lipinski definition) is 2. The van der Waals surface area contributed by atoms with Gasteiger partial charge in [-0.25, -0.2) is 9.18 Å². The molecular weight excluding hydrogens is 370 g/mol. The van der Waals surface area contributed by atoms with Gasteiger partial charge in [0.25, 0.3) is 17.5 Å². The van der Waals surface area contributed by atoms with Crippen molar-refractivity contribution in [1.29, 1.82) is 0 Å². The van der Waals surface area contributed by atoms with Gasteiger partial charge in [-0.05, 0) is 37.1 Å². The van der Waals surface area contributed by atoms with E-state index in [2.05, 4.69) is 0 Å². The Kier molecular flexibility index (Phi) is 4.83. The predicted octanol–water partition coefficient (Wildman–Crippen LogP) is 2.70. The normalized spacial score (nSPS) is 24.1. The number of carbonyl (C=O) groups excluding carboxylic acids is 3. The van der Waals surface area contributed by atoms with Gasteiger partial charge in [-0.2, -0.15) is 13.2 Å². The lowest BCUT2D eigenvalue weighted by molar-refractivity contribution is -0.200. The van der Waals surface area contributed by atoms with Crippen molar-refractivity contribution in [3.05, 3.63) is 35.6 Å². The molecule has 1 heterocycles. The maximum atomic E-state index is 13.8. The summed E-state index contributed by atoms with van der Waals surface area (Å²) < 4.78 is 54.3. The first-order valence-electron chi connectivity index (χ1n) is 8.46. The van der Waals surface area contributed by atoms with Gasteiger partial charge >= 0.3 is 12.2 Å². The SMILES string of the molecule is O=C(N[C@]1(C(F)(F)F)NC(=O)N(C2CCCCC2)C1=O)c1ccc(F)cc1. The van der Waals surface area contributed by atoms with Crippen LogP contribution in [0.1, 0.15) is 42.5 Å². The highest BCUT2D eigenvalue weighted by Gasteiger charge is 2.69. The van der Waals surface area contributed by atoms with E-state index < -0.39 is 41.5 Å². The minimum absolute atomic E-state index is 0.279. The predicted molar refractivity (Wildman–Crippen MR) is 84.9 cm³/mol. The molecule has 2 aliphatic rings. The van der Waals surface area contributed by atoms with Crippen LogP contribution in [-0.2, 0) is 4.79 Å². The zero-order valence-electron chi connectivity index (χ0n) is 14.1. The fourth-order valence-corrected chi connectivity index (χ4v) is 3.41. The Balaban J connectivity index is 1.91. The molecular formula is C17H17F4N3O3. The van der Waals surface area contributed by atoms with E-state index in [1.165, 1.54) is 0 Å². The second-order valence-corrected chi connectivity index (χ2v) is 6.61. The van der Waals surface area contributed by atoms with Crippen molar-refractivity contribution in [1.82, 2.24) is 15.5 Å². The third kappa shape index (κ3) is 3.35. The second-order valence-electron chi connectivity index (χ2n) is 6.61. The van der Waals surface area contributed by atoms with Gasteiger partial charge in [-0.3, -0.25) is 19.8 Å². The zero-order valence-corrected chi connectivity index (χ0v) is 14.1. The number of alkyl halides is 3. The van der Waals surface area contributed by atoms with Crippen molar-refractivity contribution in [2.24, 2.45) is 0 Å². The summed E-state index contributed by atoms with van der Waals surface area (Å²) in [6, 6.07) is 1.93. The van der Waals surface area contributed by atoms with Crippen molar-refractivity contribution in [2.45, 2.75) is 50.0 Å². The molecule has 2 N–H and O–H groups in total. The van der Waals surface area contributed by atoms with Crippen LogP contribution in [0.5, 0.6) is 0 Å². The quantitative estimate of drug-likeness (QED) is 0.618. The summed E-state index contributed by atoms with van der Waals surface area (Å²) >= 11 is 0. The highest BCUT2D eigenvalue weighted by molar-refractivity contribution is 6.10. The Morgan fingerprint density at radius 2 is 1.70 bits per heavy atom. The number of benzene rings is 1. The maximum absolute atomic E-state index is 13.8. The first-order valence-corrected chi connectivity index (χ1v) is 8.46. The average Bonchev–Trinajstić information content (AvgIpc) is 2.87. The Morgan fingerprint density at radius 3 is 2.26 bits per heavy atom. The first-order chi connectivity index (χ1) is 12.7. The number of nitrogens with one attached hydrogen (secondary N) is 2. The molecule has 0 radical (unpaired) electrons. The highest BCUT2D eigenvalue weighted by Crippen LogP contribution is 2.36. The molecule has 1 saturated carbocycles. The average molecular weight is 387 g/mol. The molecule has 3 rings (SSSR count). The highest BCUT2D eigenvalue weighted by atomic mass is 19.4. The molecule has 1 atom stereocenters. The lowest BCUT2D eigenvalue weighted by Crippen LogP contribution is -2.69. The maximum Gasteiger partial charge on any atom is 0.440 e. The summed E-state index contributed by atoms with van der Waals surface area (Å²) in [4.78, 5) is 37.7. The lowest BCUT2D eigenvalue weighted by Gasteiger charge is -2.32. The minimum Gasteiger partial charge on any atom is -0.314 e. The third-order valence-corrected chi connectivity index (χ3v) is 4.83. The van der Waals surface area contributed by atoms with E-state index in [1.54, 1.807) is 10.6 Å². The van der Waals surface area contributed by atoms with E-state index in [0.29, 0.717) is 30.6 Å². The van der Waals surface area contributed by atoms with E-state index in [4.69, 9.17) is 0 Å². The molecule has 146 valence electrons. The summed E-state index contributed by atoms with van der Waals surface area (Å²) in [6.07, 6.45) is -2.16. The second kappa shape index (κ2) is 6.82.